The zero-order chi connectivity index (χ0) is 16.0. The van der Waals surface area contributed by atoms with Crippen LogP contribution in [0.25, 0.3) is 0 Å². The standard InChI is InChI=1S/C15H22N2O4S/c1-12-13(5-10-21-12)14(18)16-8-3-6-15(11-16)7-4-9-17(15)22(2,19)20/h5,10H,3-4,6-9,11H2,1-2H3. The van der Waals surface area contributed by atoms with E-state index < -0.39 is 15.6 Å². The van der Waals surface area contributed by atoms with Crippen LogP contribution in [0.15, 0.2) is 16.7 Å². The summed E-state index contributed by atoms with van der Waals surface area (Å²) >= 11 is 0. The lowest BCUT2D eigenvalue weighted by Gasteiger charge is -2.44. The van der Waals surface area contributed by atoms with E-state index in [-0.39, 0.29) is 5.91 Å². The molecule has 1 unspecified atom stereocenters. The highest BCUT2D eigenvalue weighted by Crippen LogP contribution is 2.39. The highest BCUT2D eigenvalue weighted by atomic mass is 32.2. The maximum atomic E-state index is 12.7. The molecule has 6 nitrogen and oxygen atoms in total. The second-order valence-corrected chi connectivity index (χ2v) is 8.29. The first-order valence-corrected chi connectivity index (χ1v) is 9.49. The molecule has 3 rings (SSSR count). The molecule has 2 fully saturated rings. The Morgan fingerprint density at radius 1 is 1.27 bits per heavy atom. The summed E-state index contributed by atoms with van der Waals surface area (Å²) in [5, 5.41) is 0. The fourth-order valence-corrected chi connectivity index (χ4v) is 5.31. The molecular formula is C15H22N2O4S. The number of carbonyl (C=O) groups excluding carboxylic acids is 1. The maximum absolute atomic E-state index is 12.7. The zero-order valence-electron chi connectivity index (χ0n) is 13.0. The molecule has 2 aliphatic heterocycles. The number of sulfonamides is 1. The van der Waals surface area contributed by atoms with Crippen molar-refractivity contribution in [2.24, 2.45) is 0 Å². The lowest BCUT2D eigenvalue weighted by Crippen LogP contribution is -2.58. The van der Waals surface area contributed by atoms with Crippen LogP contribution in [0.3, 0.4) is 0 Å². The van der Waals surface area contributed by atoms with Gasteiger partial charge in [-0.25, -0.2) is 8.42 Å². The first-order valence-electron chi connectivity index (χ1n) is 7.65. The van der Waals surface area contributed by atoms with E-state index in [9.17, 15) is 13.2 Å². The molecule has 7 heteroatoms. The molecule has 2 aliphatic rings. The summed E-state index contributed by atoms with van der Waals surface area (Å²) in [5.41, 5.74) is 0.153. The van der Waals surface area contributed by atoms with E-state index in [1.165, 1.54) is 12.5 Å². The number of amides is 1. The first-order chi connectivity index (χ1) is 10.3. The third kappa shape index (κ3) is 2.56. The lowest BCUT2D eigenvalue weighted by atomic mass is 9.87. The third-order valence-electron chi connectivity index (χ3n) is 4.86. The molecule has 122 valence electrons. The number of rotatable bonds is 2. The van der Waals surface area contributed by atoms with Crippen molar-refractivity contribution >= 4 is 15.9 Å². The van der Waals surface area contributed by atoms with Crippen molar-refractivity contribution in [1.29, 1.82) is 0 Å². The van der Waals surface area contributed by atoms with Gasteiger partial charge in [0.25, 0.3) is 5.91 Å². The van der Waals surface area contributed by atoms with Gasteiger partial charge < -0.3 is 9.32 Å². The van der Waals surface area contributed by atoms with E-state index >= 15 is 0 Å². The normalized spacial score (nSPS) is 26.7. The van der Waals surface area contributed by atoms with Gasteiger partial charge in [0.2, 0.25) is 10.0 Å². The Morgan fingerprint density at radius 2 is 1.95 bits per heavy atom. The van der Waals surface area contributed by atoms with Crippen molar-refractivity contribution < 1.29 is 17.6 Å². The van der Waals surface area contributed by atoms with Crippen LogP contribution in [-0.4, -0.2) is 55.0 Å². The Morgan fingerprint density at radius 3 is 2.55 bits per heavy atom. The SMILES string of the molecule is Cc1occc1C(=O)N1CCCC2(CCCN2S(C)(=O)=O)C1. The Hall–Kier alpha value is -1.34. The van der Waals surface area contributed by atoms with Gasteiger partial charge in [0.15, 0.2) is 0 Å². The molecule has 1 spiro atoms. The van der Waals surface area contributed by atoms with Gasteiger partial charge in [-0.3, -0.25) is 4.79 Å². The average Bonchev–Trinajstić information content (AvgIpc) is 3.04. The molecule has 0 N–H and O–H groups in total. The highest BCUT2D eigenvalue weighted by Gasteiger charge is 2.48. The Bertz CT molecular complexity index is 681. The molecule has 3 heterocycles. The van der Waals surface area contributed by atoms with Crippen LogP contribution in [0.2, 0.25) is 0 Å². The van der Waals surface area contributed by atoms with Gasteiger partial charge in [-0.1, -0.05) is 0 Å². The first kappa shape index (κ1) is 15.6. The van der Waals surface area contributed by atoms with Crippen molar-refractivity contribution in [1.82, 2.24) is 9.21 Å². The van der Waals surface area contributed by atoms with Gasteiger partial charge >= 0.3 is 0 Å². The quantitative estimate of drug-likeness (QED) is 0.828. The van der Waals surface area contributed by atoms with Crippen LogP contribution in [0.5, 0.6) is 0 Å². The number of likely N-dealkylation sites (tertiary alicyclic amines) is 1. The number of hydrogen-bond donors (Lipinski definition) is 0. The zero-order valence-corrected chi connectivity index (χ0v) is 13.9. The van der Waals surface area contributed by atoms with E-state index in [2.05, 4.69) is 0 Å². The minimum absolute atomic E-state index is 0.0642. The second-order valence-electron chi connectivity index (χ2n) is 6.38. The van der Waals surface area contributed by atoms with Crippen LogP contribution in [0.4, 0.5) is 0 Å². The molecule has 0 radical (unpaired) electrons. The van der Waals surface area contributed by atoms with Crippen LogP contribution >= 0.6 is 0 Å². The van der Waals surface area contributed by atoms with E-state index in [1.54, 1.807) is 22.2 Å². The van der Waals surface area contributed by atoms with Crippen molar-refractivity contribution in [2.75, 3.05) is 25.9 Å². The minimum atomic E-state index is -3.24. The smallest absolute Gasteiger partial charge is 0.257 e. The van der Waals surface area contributed by atoms with Gasteiger partial charge in [0, 0.05) is 19.6 Å². The molecule has 0 aliphatic carbocycles. The molecule has 1 aromatic rings. The van der Waals surface area contributed by atoms with Gasteiger partial charge in [-0.15, -0.1) is 0 Å². The summed E-state index contributed by atoms with van der Waals surface area (Å²) in [4.78, 5) is 14.5. The van der Waals surface area contributed by atoms with Crippen LogP contribution < -0.4 is 0 Å². The highest BCUT2D eigenvalue weighted by molar-refractivity contribution is 7.88. The third-order valence-corrected chi connectivity index (χ3v) is 6.24. The second kappa shape index (κ2) is 5.38. The minimum Gasteiger partial charge on any atom is -0.469 e. The maximum Gasteiger partial charge on any atom is 0.257 e. The molecule has 0 saturated carbocycles. The number of nitrogens with zero attached hydrogens (tertiary/aromatic N) is 2. The van der Waals surface area contributed by atoms with E-state index in [4.69, 9.17) is 4.42 Å². The largest absolute Gasteiger partial charge is 0.469 e. The number of furan rings is 1. The van der Waals surface area contributed by atoms with Crippen LogP contribution in [0, 0.1) is 6.92 Å². The Kier molecular flexibility index (Phi) is 3.81. The van der Waals surface area contributed by atoms with Crippen LogP contribution in [0.1, 0.15) is 41.8 Å². The van der Waals surface area contributed by atoms with Gasteiger partial charge in [0.1, 0.15) is 5.76 Å². The fraction of sp³-hybridized carbons (Fsp3) is 0.667. The molecular weight excluding hydrogens is 304 g/mol. The number of hydrogen-bond acceptors (Lipinski definition) is 4. The van der Waals surface area contributed by atoms with Gasteiger partial charge in [-0.05, 0) is 38.7 Å². The van der Waals surface area contributed by atoms with Crippen LogP contribution in [-0.2, 0) is 10.0 Å². The van der Waals surface area contributed by atoms with E-state index in [0.29, 0.717) is 31.0 Å². The van der Waals surface area contributed by atoms with Crippen molar-refractivity contribution in [3.05, 3.63) is 23.7 Å². The number of piperidine rings is 1. The monoisotopic (exact) mass is 326 g/mol. The fourth-order valence-electron chi connectivity index (χ4n) is 3.90. The summed E-state index contributed by atoms with van der Waals surface area (Å²) in [5.74, 6) is 0.543. The topological polar surface area (TPSA) is 70.8 Å². The Balaban J connectivity index is 1.85. The van der Waals surface area contributed by atoms with E-state index in [0.717, 1.165) is 25.7 Å². The molecule has 1 amide bonds. The summed E-state index contributed by atoms with van der Waals surface area (Å²) in [7, 11) is -3.24. The summed E-state index contributed by atoms with van der Waals surface area (Å²) in [6, 6.07) is 1.68. The predicted octanol–water partition coefficient (Wildman–Crippen LogP) is 1.62. The van der Waals surface area contributed by atoms with Gasteiger partial charge in [0.05, 0.1) is 23.6 Å². The number of aryl methyl sites for hydroxylation is 1. The van der Waals surface area contributed by atoms with Gasteiger partial charge in [-0.2, -0.15) is 4.31 Å². The molecule has 1 atom stereocenters. The molecule has 2 saturated heterocycles. The summed E-state index contributed by atoms with van der Waals surface area (Å²) in [6.07, 6.45) is 6.12. The molecule has 0 aromatic carbocycles. The lowest BCUT2D eigenvalue weighted by molar-refractivity contribution is 0.0523. The van der Waals surface area contributed by atoms with E-state index in [1.807, 2.05) is 0 Å². The predicted molar refractivity (Wildman–Crippen MR) is 82.1 cm³/mol. The molecule has 1 aromatic heterocycles. The Labute approximate surface area is 131 Å². The molecule has 0 bridgehead atoms. The molecule has 22 heavy (non-hydrogen) atoms. The van der Waals surface area contributed by atoms with Crippen molar-refractivity contribution in [3.63, 3.8) is 0 Å². The average molecular weight is 326 g/mol. The summed E-state index contributed by atoms with van der Waals surface area (Å²) < 4.78 is 31.0. The summed E-state index contributed by atoms with van der Waals surface area (Å²) in [6.45, 7) is 3.48. The van der Waals surface area contributed by atoms with Crippen molar-refractivity contribution in [2.45, 2.75) is 38.1 Å². The van der Waals surface area contributed by atoms with Crippen molar-refractivity contribution in [3.8, 4) is 0 Å². The number of carbonyl (C=O) groups is 1.